The van der Waals surface area contributed by atoms with Crippen molar-refractivity contribution in [1.29, 1.82) is 0 Å². The number of β-lactam (4-membered cyclic amide) rings is 1. The van der Waals surface area contributed by atoms with Crippen LogP contribution in [0.3, 0.4) is 0 Å². The second-order valence-electron chi connectivity index (χ2n) is 7.70. The van der Waals surface area contributed by atoms with Crippen LogP contribution in [0.1, 0.15) is 5.69 Å². The largest absolute Gasteiger partial charge is 0.477 e. The third-order valence-corrected chi connectivity index (χ3v) is 8.62. The first-order chi connectivity index (χ1) is 18.4. The highest BCUT2D eigenvalue weighted by Gasteiger charge is 2.75. The Kier molecular flexibility index (Phi) is 7.49. The maximum Gasteiger partial charge on any atom is 0.439 e. The Bertz CT molecular complexity index is 1620. The van der Waals surface area contributed by atoms with E-state index in [2.05, 4.69) is 35.2 Å². The van der Waals surface area contributed by atoms with Crippen LogP contribution < -0.4 is 22.2 Å². The molecule has 2 aromatic heterocycles. The molecule has 0 unspecified atom stereocenters. The van der Waals surface area contributed by atoms with Crippen LogP contribution in [0.5, 0.6) is 0 Å². The summed E-state index contributed by atoms with van der Waals surface area (Å²) in [6.07, 6.45) is 0. The Balaban J connectivity index is 1.62. The molecule has 1 fully saturated rings. The Morgan fingerprint density at radius 1 is 1.44 bits per heavy atom. The number of carboxylic acids is 1. The molecule has 39 heavy (non-hydrogen) atoms. The summed E-state index contributed by atoms with van der Waals surface area (Å²) >= 11 is 2.37. The number of aliphatic carboxylic acids is 1. The molecule has 0 saturated carbocycles. The van der Waals surface area contributed by atoms with E-state index in [0.717, 1.165) is 35.5 Å². The van der Waals surface area contributed by atoms with E-state index < -0.39 is 62.2 Å². The average molecular weight is 599 g/mol. The van der Waals surface area contributed by atoms with Gasteiger partial charge in [-0.3, -0.25) is 29.0 Å². The molecule has 0 spiro atoms. The van der Waals surface area contributed by atoms with E-state index >= 15 is 0 Å². The molecule has 16 nitrogen and oxygen atoms in total. The zero-order chi connectivity index (χ0) is 28.6. The number of carboxylic acid groups (broad SMARTS) is 1. The van der Waals surface area contributed by atoms with Gasteiger partial charge in [0.05, 0.1) is 0 Å². The van der Waals surface area contributed by atoms with Crippen molar-refractivity contribution in [3.8, 4) is 6.57 Å². The molecule has 0 bridgehead atoms. The van der Waals surface area contributed by atoms with E-state index in [0.29, 0.717) is 11.3 Å². The van der Waals surface area contributed by atoms with Crippen LogP contribution in [0.2, 0.25) is 0 Å². The van der Waals surface area contributed by atoms with Crippen LogP contribution in [-0.4, -0.2) is 82.9 Å². The zero-order valence-electron chi connectivity index (χ0n) is 19.8. The first-order valence-electron chi connectivity index (χ1n) is 10.4. The number of aromatic amines is 1. The summed E-state index contributed by atoms with van der Waals surface area (Å²) in [5.74, 6) is -3.44. The summed E-state index contributed by atoms with van der Waals surface area (Å²) in [5, 5.41) is 17.1. The van der Waals surface area contributed by atoms with E-state index in [4.69, 9.17) is 12.3 Å². The number of oxime groups is 1. The number of carbonyl (C=O) groups is 3. The molecule has 2 atom stereocenters. The normalized spacial score (nSPS) is 20.7. The first kappa shape index (κ1) is 27.8. The van der Waals surface area contributed by atoms with Crippen molar-refractivity contribution in [2.24, 2.45) is 12.2 Å². The van der Waals surface area contributed by atoms with E-state index in [9.17, 15) is 33.5 Å². The standard InChI is InChI=1S/C19H16FN9O7S3/c1-22-19-10(24-12(30)8(27-36-3)7-11(20)39-17(21)23-7)15(33)29(19)9(16(34)35)6(5-38-19)4-37-18-25-13(31)14(32)26-28(18)2/h1,10H,4-5H2,2-3H3,(H4-,21,23,24,26,30,32,34,35)/p+1/b27-8-/t10-,19+/m1/s1. The highest BCUT2D eigenvalue weighted by atomic mass is 32.2. The van der Waals surface area contributed by atoms with Gasteiger partial charge in [0.15, 0.2) is 16.0 Å². The van der Waals surface area contributed by atoms with Gasteiger partial charge in [0.2, 0.25) is 11.2 Å². The van der Waals surface area contributed by atoms with Gasteiger partial charge in [0.25, 0.3) is 18.4 Å². The van der Waals surface area contributed by atoms with Crippen LogP contribution in [0.25, 0.3) is 4.85 Å². The van der Waals surface area contributed by atoms with Gasteiger partial charge in [0.1, 0.15) is 18.5 Å². The third-order valence-electron chi connectivity index (χ3n) is 5.39. The Morgan fingerprint density at radius 3 is 2.74 bits per heavy atom. The lowest BCUT2D eigenvalue weighted by atomic mass is 9.98. The Morgan fingerprint density at radius 2 is 2.15 bits per heavy atom. The predicted octanol–water partition coefficient (Wildman–Crippen LogP) is -1.18. The van der Waals surface area contributed by atoms with Gasteiger partial charge in [-0.1, -0.05) is 28.3 Å². The van der Waals surface area contributed by atoms with E-state index in [1.165, 1.54) is 11.7 Å². The molecule has 2 aliphatic heterocycles. The molecule has 5 N–H and O–H groups in total. The number of hydrogen-bond donors (Lipinski definition) is 4. The van der Waals surface area contributed by atoms with Gasteiger partial charge >= 0.3 is 22.1 Å². The van der Waals surface area contributed by atoms with Crippen molar-refractivity contribution in [3.63, 3.8) is 0 Å². The molecule has 1 saturated heterocycles. The summed E-state index contributed by atoms with van der Waals surface area (Å²) in [6, 6.07) is -1.45. The van der Waals surface area contributed by atoms with Crippen LogP contribution >= 0.6 is 34.9 Å². The van der Waals surface area contributed by atoms with Crippen molar-refractivity contribution in [3.05, 3.63) is 47.6 Å². The van der Waals surface area contributed by atoms with E-state index in [1.807, 2.05) is 0 Å². The maximum atomic E-state index is 14.2. The minimum atomic E-state index is -1.74. The summed E-state index contributed by atoms with van der Waals surface area (Å²) < 4.78 is 15.4. The minimum Gasteiger partial charge on any atom is -0.477 e. The van der Waals surface area contributed by atoms with Crippen LogP contribution in [-0.2, 0) is 26.3 Å². The van der Waals surface area contributed by atoms with Gasteiger partial charge in [-0.2, -0.15) is 9.37 Å². The second kappa shape index (κ2) is 10.5. The highest BCUT2D eigenvalue weighted by molar-refractivity contribution is 8.01. The first-order valence-corrected chi connectivity index (χ1v) is 13.2. The van der Waals surface area contributed by atoms with E-state index in [-0.39, 0.29) is 27.4 Å². The number of aromatic nitrogens is 4. The summed E-state index contributed by atoms with van der Waals surface area (Å²) in [5.41, 5.74) is 2.26. The molecule has 204 valence electrons. The molecular formula is C19H17FN9O7S3+. The number of H-pyrrole nitrogens is 1. The number of amides is 2. The van der Waals surface area contributed by atoms with Gasteiger partial charge in [0, 0.05) is 18.6 Å². The number of rotatable bonds is 8. The van der Waals surface area contributed by atoms with Crippen molar-refractivity contribution in [2.45, 2.75) is 16.2 Å². The third kappa shape index (κ3) is 4.75. The number of thioether (sulfide) groups is 2. The van der Waals surface area contributed by atoms with Gasteiger partial charge in [-0.25, -0.2) is 14.7 Å². The quantitative estimate of drug-likeness (QED) is 0.0927. The van der Waals surface area contributed by atoms with Crippen molar-refractivity contribution in [1.82, 2.24) is 30.0 Å². The Hall–Kier alpha value is -4.22. The zero-order valence-corrected chi connectivity index (χ0v) is 22.3. The fourth-order valence-electron chi connectivity index (χ4n) is 3.72. The fraction of sp³-hybridized carbons (Fsp3) is 0.316. The molecular weight excluding hydrogens is 581 g/mol. The number of nitrogens with zero attached hydrogens (tertiary/aromatic N) is 6. The lowest BCUT2D eigenvalue weighted by Crippen LogP contribution is -2.77. The smallest absolute Gasteiger partial charge is 0.439 e. The monoisotopic (exact) mass is 598 g/mol. The van der Waals surface area contributed by atoms with Crippen LogP contribution in [0.4, 0.5) is 9.52 Å². The summed E-state index contributed by atoms with van der Waals surface area (Å²) in [4.78, 5) is 76.2. The molecule has 0 radical (unpaired) electrons. The molecule has 20 heteroatoms. The molecule has 0 aliphatic carbocycles. The van der Waals surface area contributed by atoms with Crippen LogP contribution in [0.15, 0.2) is 31.2 Å². The minimum absolute atomic E-state index is 0.000943. The number of nitrogens with two attached hydrogens (primary N) is 1. The number of hydrogen-bond acceptors (Lipinski definition) is 13. The maximum absolute atomic E-state index is 14.2. The fourth-order valence-corrected chi connectivity index (χ4v) is 6.67. The number of halogens is 1. The number of carbonyl (C=O) groups excluding carboxylic acids is 2. The lowest BCUT2D eigenvalue weighted by Gasteiger charge is -2.47. The van der Waals surface area contributed by atoms with Gasteiger partial charge in [-0.15, -0.1) is 0 Å². The molecule has 0 aromatic carbocycles. The van der Waals surface area contributed by atoms with Gasteiger partial charge in [-0.05, 0) is 22.2 Å². The molecule has 2 aliphatic rings. The van der Waals surface area contributed by atoms with Crippen molar-refractivity contribution in [2.75, 3.05) is 24.3 Å². The highest BCUT2D eigenvalue weighted by Crippen LogP contribution is 2.51. The molecule has 2 amide bonds. The number of anilines is 1. The van der Waals surface area contributed by atoms with Crippen LogP contribution in [0, 0.1) is 11.7 Å². The molecule has 4 rings (SSSR count). The number of thiazole rings is 1. The van der Waals surface area contributed by atoms with E-state index in [1.54, 1.807) is 0 Å². The van der Waals surface area contributed by atoms with Crippen molar-refractivity contribution >= 4 is 63.5 Å². The van der Waals surface area contributed by atoms with Crippen molar-refractivity contribution < 1.29 is 28.7 Å². The average Bonchev–Trinajstić information content (AvgIpc) is 3.23. The topological polar surface area (TPSA) is 219 Å². The number of nitrogens with one attached hydrogen (secondary N) is 2. The predicted molar refractivity (Wildman–Crippen MR) is 138 cm³/mol. The molecule has 2 aromatic rings. The summed E-state index contributed by atoms with van der Waals surface area (Å²) in [6.45, 7) is 5.62. The SMILES string of the molecule is C#[N+][C@]12SCC(CSc3nc(=O)c(=O)[nH]n3C)=C(C(=O)O)N1C(=O)[C@H]2NC(=O)/C(=N\OC)c1nc(N)sc1F. The summed E-state index contributed by atoms with van der Waals surface area (Å²) in [7, 11) is 2.55. The lowest BCUT2D eigenvalue weighted by molar-refractivity contribution is -0.154. The van der Waals surface area contributed by atoms with Gasteiger partial charge < -0.3 is 21.0 Å². The second-order valence-corrected chi connectivity index (χ2v) is 10.8. The number of nitrogen functional groups attached to an aromatic ring is 1. The number of fused-ring (bicyclic) bond motifs is 1. The Labute approximate surface area is 228 Å². The number of aryl methyl sites for hydroxylation is 1. The molecule has 4 heterocycles.